The summed E-state index contributed by atoms with van der Waals surface area (Å²) in [5.74, 6) is -0.297. The normalized spacial score (nSPS) is 12.2. The molecule has 35 heavy (non-hydrogen) atoms. The van der Waals surface area contributed by atoms with Crippen LogP contribution in [-0.4, -0.2) is 33.6 Å². The van der Waals surface area contributed by atoms with Gasteiger partial charge >= 0.3 is 0 Å². The molecule has 0 unspecified atom stereocenters. The number of anilines is 1. The fourth-order valence-electron chi connectivity index (χ4n) is 4.37. The number of aliphatic hydroxyl groups excluding tert-OH is 1. The second-order valence-electron chi connectivity index (χ2n) is 8.71. The van der Waals surface area contributed by atoms with Gasteiger partial charge in [-0.15, -0.1) is 0 Å². The van der Waals surface area contributed by atoms with E-state index in [0.717, 1.165) is 27.6 Å². The summed E-state index contributed by atoms with van der Waals surface area (Å²) in [6.07, 6.45) is 2.41. The molecule has 5 N–H and O–H groups in total. The molecule has 0 aliphatic heterocycles. The molecular weight excluding hydrogens is 460 g/mol. The smallest absolute Gasteiger partial charge is 0.252 e. The van der Waals surface area contributed by atoms with Gasteiger partial charge in [-0.25, -0.2) is 4.98 Å². The van der Waals surface area contributed by atoms with E-state index in [-0.39, 0.29) is 12.5 Å². The van der Waals surface area contributed by atoms with Crippen LogP contribution in [-0.2, 0) is 6.42 Å². The number of hydrogen-bond donors (Lipinski definition) is 4. The summed E-state index contributed by atoms with van der Waals surface area (Å²) in [4.78, 5) is 21.5. The fourth-order valence-corrected chi connectivity index (χ4v) is 4.49. The average molecular weight is 485 g/mol. The predicted molar refractivity (Wildman–Crippen MR) is 142 cm³/mol. The molecule has 2 heterocycles. The van der Waals surface area contributed by atoms with Gasteiger partial charge in [0.2, 0.25) is 0 Å². The summed E-state index contributed by atoms with van der Waals surface area (Å²) in [6, 6.07) is 20.2. The molecule has 0 saturated heterocycles. The zero-order chi connectivity index (χ0) is 24.5. The van der Waals surface area contributed by atoms with E-state index < -0.39 is 6.04 Å². The van der Waals surface area contributed by atoms with Crippen molar-refractivity contribution in [1.82, 2.24) is 15.3 Å². The second kappa shape index (κ2) is 9.41. The predicted octanol–water partition coefficient (Wildman–Crippen LogP) is 5.26. The van der Waals surface area contributed by atoms with Gasteiger partial charge in [0.25, 0.3) is 5.91 Å². The number of nitrogen functional groups attached to an aromatic ring is 1. The van der Waals surface area contributed by atoms with E-state index in [1.54, 1.807) is 18.2 Å². The van der Waals surface area contributed by atoms with Crippen molar-refractivity contribution in [3.63, 3.8) is 0 Å². The number of H-pyrrole nitrogens is 1. The SMILES string of the molecule is Cc1cc(-c2cc(C(=O)N[C@@H](CO)Cc3c[nH]c4ccccc34)c3cc(N)ccc3n2)ccc1Cl. The quantitative estimate of drug-likeness (QED) is 0.247. The zero-order valence-electron chi connectivity index (χ0n) is 19.2. The van der Waals surface area contributed by atoms with Gasteiger partial charge in [-0.3, -0.25) is 4.79 Å². The molecule has 3 aromatic carbocycles. The molecule has 0 spiro atoms. The van der Waals surface area contributed by atoms with Crippen LogP contribution in [0.25, 0.3) is 33.1 Å². The van der Waals surface area contributed by atoms with E-state index in [1.807, 2.05) is 61.7 Å². The lowest BCUT2D eigenvalue weighted by atomic mass is 10.0. The Morgan fingerprint density at radius 2 is 1.94 bits per heavy atom. The van der Waals surface area contributed by atoms with Gasteiger partial charge in [0.15, 0.2) is 0 Å². The molecule has 5 rings (SSSR count). The third-order valence-corrected chi connectivity index (χ3v) is 6.65. The Hall–Kier alpha value is -3.87. The molecule has 0 saturated carbocycles. The van der Waals surface area contributed by atoms with Crippen molar-refractivity contribution in [2.75, 3.05) is 12.3 Å². The van der Waals surface area contributed by atoms with Gasteiger partial charge in [-0.2, -0.15) is 0 Å². The Balaban J connectivity index is 1.50. The van der Waals surface area contributed by atoms with Crippen molar-refractivity contribution in [2.24, 2.45) is 0 Å². The minimum atomic E-state index is -0.466. The Kier molecular flexibility index (Phi) is 6.16. The highest BCUT2D eigenvalue weighted by molar-refractivity contribution is 6.31. The number of aliphatic hydroxyl groups is 1. The standard InChI is InChI=1S/C28H25ClN4O2/c1-16-10-17(6-8-24(16)29)27-13-23(22-12-19(30)7-9-26(22)33-27)28(35)32-20(15-34)11-18-14-31-25-5-3-2-4-21(18)25/h2-10,12-14,20,31,34H,11,15,30H2,1H3,(H,32,35)/t20-/m1/s1. The molecule has 1 atom stereocenters. The lowest BCUT2D eigenvalue weighted by Gasteiger charge is -2.18. The molecule has 0 fully saturated rings. The highest BCUT2D eigenvalue weighted by Crippen LogP contribution is 2.29. The van der Waals surface area contributed by atoms with Crippen LogP contribution >= 0.6 is 11.6 Å². The van der Waals surface area contributed by atoms with E-state index in [1.165, 1.54) is 0 Å². The van der Waals surface area contributed by atoms with E-state index in [4.69, 9.17) is 22.3 Å². The van der Waals surface area contributed by atoms with E-state index in [2.05, 4.69) is 10.3 Å². The molecule has 0 aliphatic rings. The number of carbonyl (C=O) groups is 1. The number of nitrogens with one attached hydrogen (secondary N) is 2. The number of rotatable bonds is 6. The topological polar surface area (TPSA) is 104 Å². The van der Waals surface area contributed by atoms with E-state index in [0.29, 0.717) is 39.3 Å². The Labute approximate surface area is 207 Å². The van der Waals surface area contributed by atoms with Crippen molar-refractivity contribution < 1.29 is 9.90 Å². The molecular formula is C28H25ClN4O2. The summed E-state index contributed by atoms with van der Waals surface area (Å²) in [5.41, 5.74) is 12.2. The van der Waals surface area contributed by atoms with Crippen LogP contribution in [0.15, 0.2) is 72.9 Å². The molecule has 5 aromatic rings. The summed E-state index contributed by atoms with van der Waals surface area (Å²) < 4.78 is 0. The van der Waals surface area contributed by atoms with Crippen molar-refractivity contribution >= 4 is 45.0 Å². The van der Waals surface area contributed by atoms with E-state index in [9.17, 15) is 9.90 Å². The minimum Gasteiger partial charge on any atom is -0.399 e. The van der Waals surface area contributed by atoms with Crippen molar-refractivity contribution in [1.29, 1.82) is 0 Å². The third kappa shape index (κ3) is 4.58. The lowest BCUT2D eigenvalue weighted by Crippen LogP contribution is -2.39. The molecule has 1 amide bonds. The number of nitrogens with zero attached hydrogens (tertiary/aromatic N) is 1. The first kappa shape index (κ1) is 22.9. The number of benzene rings is 3. The van der Waals surface area contributed by atoms with Crippen LogP contribution in [0.3, 0.4) is 0 Å². The number of para-hydroxylation sites is 1. The molecule has 2 aromatic heterocycles. The van der Waals surface area contributed by atoms with Gasteiger partial charge in [0.1, 0.15) is 0 Å². The van der Waals surface area contributed by atoms with Crippen molar-refractivity contribution in [3.8, 4) is 11.3 Å². The molecule has 7 heteroatoms. The number of nitrogens with two attached hydrogens (primary N) is 1. The first-order valence-electron chi connectivity index (χ1n) is 11.4. The number of amides is 1. The molecule has 6 nitrogen and oxygen atoms in total. The summed E-state index contributed by atoms with van der Waals surface area (Å²) >= 11 is 6.21. The Morgan fingerprint density at radius 3 is 2.74 bits per heavy atom. The average Bonchev–Trinajstić information content (AvgIpc) is 3.27. The summed E-state index contributed by atoms with van der Waals surface area (Å²) in [7, 11) is 0. The van der Waals surface area contributed by atoms with Gasteiger partial charge < -0.3 is 21.1 Å². The first-order valence-corrected chi connectivity index (χ1v) is 11.7. The van der Waals surface area contributed by atoms with Crippen LogP contribution in [0.5, 0.6) is 0 Å². The maximum absolute atomic E-state index is 13.5. The number of carbonyl (C=O) groups excluding carboxylic acids is 1. The molecule has 0 aliphatic carbocycles. The molecule has 176 valence electrons. The molecule has 0 radical (unpaired) electrons. The maximum Gasteiger partial charge on any atom is 0.252 e. The van der Waals surface area contributed by atoms with E-state index >= 15 is 0 Å². The fraction of sp³-hybridized carbons (Fsp3) is 0.143. The zero-order valence-corrected chi connectivity index (χ0v) is 19.9. The monoisotopic (exact) mass is 484 g/mol. The van der Waals surface area contributed by atoms with Crippen LogP contribution < -0.4 is 11.1 Å². The molecule has 0 bridgehead atoms. The number of aromatic amines is 1. The van der Waals surface area contributed by atoms with Gasteiger partial charge in [0.05, 0.1) is 29.4 Å². The van der Waals surface area contributed by atoms with Crippen molar-refractivity contribution in [3.05, 3.63) is 94.6 Å². The number of aryl methyl sites for hydroxylation is 1. The lowest BCUT2D eigenvalue weighted by molar-refractivity contribution is 0.0918. The van der Waals surface area contributed by atoms with Crippen LogP contribution in [0, 0.1) is 6.92 Å². The van der Waals surface area contributed by atoms with Gasteiger partial charge in [-0.05, 0) is 66.9 Å². The highest BCUT2D eigenvalue weighted by atomic mass is 35.5. The van der Waals surface area contributed by atoms with Gasteiger partial charge in [0, 0.05) is 38.8 Å². The maximum atomic E-state index is 13.5. The number of halogens is 1. The number of pyridine rings is 1. The van der Waals surface area contributed by atoms with Crippen LogP contribution in [0.1, 0.15) is 21.5 Å². The second-order valence-corrected chi connectivity index (χ2v) is 9.12. The van der Waals surface area contributed by atoms with Crippen LogP contribution in [0.4, 0.5) is 5.69 Å². The number of aromatic nitrogens is 2. The highest BCUT2D eigenvalue weighted by Gasteiger charge is 2.19. The Bertz CT molecular complexity index is 1560. The summed E-state index contributed by atoms with van der Waals surface area (Å²) in [6.45, 7) is 1.73. The number of hydrogen-bond acceptors (Lipinski definition) is 4. The van der Waals surface area contributed by atoms with Crippen LogP contribution in [0.2, 0.25) is 5.02 Å². The summed E-state index contributed by atoms with van der Waals surface area (Å²) in [5, 5.41) is 15.5. The largest absolute Gasteiger partial charge is 0.399 e. The number of fused-ring (bicyclic) bond motifs is 2. The minimum absolute atomic E-state index is 0.195. The van der Waals surface area contributed by atoms with Crippen molar-refractivity contribution in [2.45, 2.75) is 19.4 Å². The first-order chi connectivity index (χ1) is 16.9. The third-order valence-electron chi connectivity index (χ3n) is 6.23. The Morgan fingerprint density at radius 1 is 1.11 bits per heavy atom. The van der Waals surface area contributed by atoms with Gasteiger partial charge in [-0.1, -0.05) is 35.9 Å².